The Balaban J connectivity index is 1.63. The first-order valence-corrected chi connectivity index (χ1v) is 11.2. The number of fused-ring (bicyclic) bond motifs is 1. The van der Waals surface area contributed by atoms with Gasteiger partial charge in [-0.1, -0.05) is 0 Å². The van der Waals surface area contributed by atoms with Crippen molar-refractivity contribution < 1.29 is 31.8 Å². The molecule has 0 aliphatic carbocycles. The van der Waals surface area contributed by atoms with Gasteiger partial charge in [0.15, 0.2) is 5.82 Å². The summed E-state index contributed by atoms with van der Waals surface area (Å²) in [5.41, 5.74) is -2.22. The number of amides is 1. The number of alkyl halides is 3. The maximum absolute atomic E-state index is 14.8. The van der Waals surface area contributed by atoms with Crippen molar-refractivity contribution in [2.24, 2.45) is 0 Å². The summed E-state index contributed by atoms with van der Waals surface area (Å²) < 4.78 is 67.3. The molecule has 3 aromatic rings. The highest BCUT2D eigenvalue weighted by Crippen LogP contribution is 2.37. The highest BCUT2D eigenvalue weighted by Gasteiger charge is 2.36. The number of aromatic amines is 1. The maximum atomic E-state index is 14.8. The maximum Gasteiger partial charge on any atom is 0.416 e. The molecule has 12 heteroatoms. The van der Waals surface area contributed by atoms with Gasteiger partial charge in [0.05, 0.1) is 34.2 Å². The number of carbonyl (C=O) groups is 1. The summed E-state index contributed by atoms with van der Waals surface area (Å²) in [5.74, 6) is -1.86. The van der Waals surface area contributed by atoms with Crippen molar-refractivity contribution in [3.8, 4) is 5.88 Å². The fraction of sp³-hybridized carbons (Fsp3) is 0.417. The third-order valence-electron chi connectivity index (χ3n) is 5.79. The lowest BCUT2D eigenvalue weighted by atomic mass is 10.00. The number of rotatable bonds is 4. The number of benzene rings is 1. The van der Waals surface area contributed by atoms with Gasteiger partial charge in [0, 0.05) is 24.8 Å². The van der Waals surface area contributed by atoms with E-state index in [2.05, 4.69) is 15.0 Å². The van der Waals surface area contributed by atoms with Gasteiger partial charge in [-0.3, -0.25) is 9.59 Å². The second-order valence-corrected chi connectivity index (χ2v) is 8.84. The average molecular weight is 508 g/mol. The predicted molar refractivity (Wildman–Crippen MR) is 121 cm³/mol. The van der Waals surface area contributed by atoms with E-state index >= 15 is 0 Å². The molecule has 1 N–H and O–H groups in total. The summed E-state index contributed by atoms with van der Waals surface area (Å²) in [5, 5.41) is -0.0672. The van der Waals surface area contributed by atoms with Crippen molar-refractivity contribution in [3.05, 3.63) is 63.1 Å². The van der Waals surface area contributed by atoms with E-state index in [1.807, 2.05) is 13.8 Å². The molecule has 1 aliphatic heterocycles. The van der Waals surface area contributed by atoms with Crippen LogP contribution in [0, 0.1) is 12.7 Å². The summed E-state index contributed by atoms with van der Waals surface area (Å²) in [4.78, 5) is 36.9. The number of morpholine rings is 1. The first-order chi connectivity index (χ1) is 16.8. The van der Waals surface area contributed by atoms with Gasteiger partial charge in [0.2, 0.25) is 0 Å². The fourth-order valence-corrected chi connectivity index (χ4v) is 4.29. The zero-order chi connectivity index (χ0) is 26.4. The van der Waals surface area contributed by atoms with Gasteiger partial charge in [0.1, 0.15) is 11.9 Å². The number of nitrogens with one attached hydrogen (secondary N) is 1. The quantitative estimate of drug-likeness (QED) is 0.532. The Morgan fingerprint density at radius 2 is 1.89 bits per heavy atom. The van der Waals surface area contributed by atoms with Crippen LogP contribution >= 0.6 is 0 Å². The SMILES string of the molecule is Cc1nc2cc(C(F)(F)F)c(C(C)Oc3ncc(C(=O)N4CC(C)OC(C)C4)cc3F)cc2c(=O)[nH]1. The van der Waals surface area contributed by atoms with E-state index in [9.17, 15) is 27.2 Å². The Bertz CT molecular complexity index is 1360. The second-order valence-electron chi connectivity index (χ2n) is 8.84. The highest BCUT2D eigenvalue weighted by atomic mass is 19.4. The van der Waals surface area contributed by atoms with Gasteiger partial charge in [0.25, 0.3) is 17.3 Å². The molecule has 2 aromatic heterocycles. The molecule has 1 amide bonds. The van der Waals surface area contributed by atoms with Crippen LogP contribution in [0.15, 0.2) is 29.2 Å². The molecule has 0 radical (unpaired) electrons. The molecule has 1 aromatic carbocycles. The lowest BCUT2D eigenvalue weighted by molar-refractivity contribution is -0.138. The van der Waals surface area contributed by atoms with Crippen LogP contribution in [0.1, 0.15) is 54.2 Å². The molecule has 1 aliphatic rings. The molecule has 192 valence electrons. The first-order valence-electron chi connectivity index (χ1n) is 11.2. The summed E-state index contributed by atoms with van der Waals surface area (Å²) in [6, 6.07) is 2.73. The summed E-state index contributed by atoms with van der Waals surface area (Å²) in [6.45, 7) is 7.03. The number of halogens is 4. The van der Waals surface area contributed by atoms with E-state index in [1.165, 1.54) is 18.7 Å². The van der Waals surface area contributed by atoms with E-state index in [-0.39, 0.29) is 40.1 Å². The number of nitrogens with zero attached hydrogens (tertiary/aromatic N) is 3. The molecule has 1 fully saturated rings. The molecule has 3 heterocycles. The van der Waals surface area contributed by atoms with Crippen molar-refractivity contribution in [2.45, 2.75) is 52.2 Å². The lowest BCUT2D eigenvalue weighted by Gasteiger charge is -2.35. The number of H-pyrrole nitrogens is 1. The number of hydrogen-bond donors (Lipinski definition) is 1. The normalized spacial score (nSPS) is 19.4. The minimum Gasteiger partial charge on any atom is -0.468 e. The highest BCUT2D eigenvalue weighted by molar-refractivity contribution is 5.94. The minimum atomic E-state index is -4.78. The van der Waals surface area contributed by atoms with Gasteiger partial charge in [-0.2, -0.15) is 13.2 Å². The first kappa shape index (κ1) is 25.5. The van der Waals surface area contributed by atoms with Crippen LogP contribution in [0.2, 0.25) is 0 Å². The zero-order valence-corrected chi connectivity index (χ0v) is 19.9. The predicted octanol–water partition coefficient (Wildman–Crippen LogP) is 4.17. The molecule has 36 heavy (non-hydrogen) atoms. The van der Waals surface area contributed by atoms with E-state index in [4.69, 9.17) is 9.47 Å². The van der Waals surface area contributed by atoms with E-state index in [0.717, 1.165) is 24.4 Å². The summed E-state index contributed by atoms with van der Waals surface area (Å²) in [6.07, 6.45) is -5.38. The van der Waals surface area contributed by atoms with Crippen LogP contribution in [0.4, 0.5) is 17.6 Å². The van der Waals surface area contributed by atoms with Gasteiger partial charge in [-0.25, -0.2) is 14.4 Å². The van der Waals surface area contributed by atoms with Crippen LogP contribution in [0.25, 0.3) is 10.9 Å². The van der Waals surface area contributed by atoms with Gasteiger partial charge < -0.3 is 19.4 Å². The third kappa shape index (κ3) is 5.18. The Morgan fingerprint density at radius 1 is 1.22 bits per heavy atom. The number of aromatic nitrogens is 3. The fourth-order valence-electron chi connectivity index (χ4n) is 4.29. The largest absolute Gasteiger partial charge is 0.468 e. The molecular formula is C24H24F4N4O4. The second kappa shape index (κ2) is 9.49. The van der Waals surface area contributed by atoms with Crippen molar-refractivity contribution in [2.75, 3.05) is 13.1 Å². The smallest absolute Gasteiger partial charge is 0.416 e. The van der Waals surface area contributed by atoms with Crippen LogP contribution in [-0.2, 0) is 10.9 Å². The topological polar surface area (TPSA) is 97.4 Å². The Morgan fingerprint density at radius 3 is 2.50 bits per heavy atom. The molecule has 0 spiro atoms. The summed E-state index contributed by atoms with van der Waals surface area (Å²) in [7, 11) is 0. The molecule has 4 rings (SSSR count). The van der Waals surface area contributed by atoms with Crippen molar-refractivity contribution in [1.29, 1.82) is 0 Å². The van der Waals surface area contributed by atoms with Crippen molar-refractivity contribution in [1.82, 2.24) is 19.9 Å². The Labute approximate surface area is 203 Å². The number of hydrogen-bond acceptors (Lipinski definition) is 6. The monoisotopic (exact) mass is 508 g/mol. The van der Waals surface area contributed by atoms with E-state index in [1.54, 1.807) is 0 Å². The van der Waals surface area contributed by atoms with Crippen LogP contribution in [0.5, 0.6) is 5.88 Å². The summed E-state index contributed by atoms with van der Waals surface area (Å²) >= 11 is 0. The number of carbonyl (C=O) groups excluding carboxylic acids is 1. The lowest BCUT2D eigenvalue weighted by Crippen LogP contribution is -2.48. The zero-order valence-electron chi connectivity index (χ0n) is 19.9. The number of ether oxygens (including phenoxy) is 2. The van der Waals surface area contributed by atoms with Gasteiger partial charge in [-0.15, -0.1) is 0 Å². The van der Waals surface area contributed by atoms with Crippen molar-refractivity contribution in [3.63, 3.8) is 0 Å². The average Bonchev–Trinajstić information content (AvgIpc) is 2.77. The molecule has 0 bridgehead atoms. The van der Waals surface area contributed by atoms with Gasteiger partial charge in [-0.05, 0) is 45.9 Å². The van der Waals surface area contributed by atoms with Crippen molar-refractivity contribution >= 4 is 16.8 Å². The Hall–Kier alpha value is -3.54. The van der Waals surface area contributed by atoms with Crippen LogP contribution in [0.3, 0.4) is 0 Å². The molecular weight excluding hydrogens is 484 g/mol. The van der Waals surface area contributed by atoms with Crippen LogP contribution in [-0.4, -0.2) is 51.1 Å². The van der Waals surface area contributed by atoms with E-state index < -0.39 is 41.0 Å². The molecule has 3 atom stereocenters. The van der Waals surface area contributed by atoms with Gasteiger partial charge >= 0.3 is 6.18 Å². The molecule has 0 saturated carbocycles. The molecule has 1 saturated heterocycles. The molecule has 8 nitrogen and oxygen atoms in total. The van der Waals surface area contributed by atoms with E-state index in [0.29, 0.717) is 13.1 Å². The standard InChI is InChI=1S/C24H24F4N4O4/c1-11-9-32(10-12(2)35-11)23(34)15-5-19(25)22(29-8-15)36-13(3)16-6-17-20(7-18(16)24(26,27)28)30-14(4)31-21(17)33/h5-8,11-13H,9-10H2,1-4H3,(H,30,31,33). The minimum absolute atomic E-state index is 0.0246. The number of aryl methyl sites for hydroxylation is 1. The Kier molecular flexibility index (Phi) is 6.74. The van der Waals surface area contributed by atoms with Crippen LogP contribution < -0.4 is 10.3 Å². The third-order valence-corrected chi connectivity index (χ3v) is 5.79. The number of pyridine rings is 1. The molecule has 3 unspecified atom stereocenters.